The number of carboxylic acids is 3. The third kappa shape index (κ3) is 16.9. The second-order valence-corrected chi connectivity index (χ2v) is 8.45. The summed E-state index contributed by atoms with van der Waals surface area (Å²) in [4.78, 5) is 52.4. The molecule has 1 N–H and O–H groups in total. The molecule has 0 aromatic rings. The summed E-state index contributed by atoms with van der Waals surface area (Å²) >= 11 is 4.14. The summed E-state index contributed by atoms with van der Waals surface area (Å²) in [5.41, 5.74) is 0. The average Bonchev–Trinajstić information content (AvgIpc) is 2.72. The van der Waals surface area contributed by atoms with E-state index < -0.39 is 17.9 Å². The molecule has 0 aliphatic carbocycles. The van der Waals surface area contributed by atoms with E-state index in [1.807, 2.05) is 4.90 Å². The number of unbranched alkanes of at least 4 members (excludes halogenated alkanes) is 1. The molecule has 0 aromatic heterocycles. The molecule has 1 radical (unpaired) electrons. The van der Waals surface area contributed by atoms with E-state index in [-0.39, 0.29) is 98.2 Å². The van der Waals surface area contributed by atoms with Gasteiger partial charge in [0.05, 0.1) is 24.5 Å². The standard InChI is InChI=1S/C20H37N5O7S.Gd/c26-17(21-3-1-2-12-33)13-22-4-6-23(14-18(27)28)8-10-25(16-20(31)32)11-9-24(7-5-22)15-19(29)30;/h33H,1-16H2,(H,21,26)(H,27,28)(H,29,30)(H,31,32);/q;+3/p-3. The largest absolute Gasteiger partial charge is 3.00 e. The summed E-state index contributed by atoms with van der Waals surface area (Å²) in [5, 5.41) is 36.2. The fourth-order valence-electron chi connectivity index (χ4n) is 3.48. The molecular formula is C20H34GdN5O7S. The number of nitrogens with zero attached hydrogens (tertiary/aromatic N) is 4. The van der Waals surface area contributed by atoms with E-state index in [0.29, 0.717) is 32.7 Å². The molecule has 1 fully saturated rings. The first-order valence-electron chi connectivity index (χ1n) is 11.1. The molecule has 0 unspecified atom stereocenters. The van der Waals surface area contributed by atoms with Crippen molar-refractivity contribution in [1.29, 1.82) is 0 Å². The van der Waals surface area contributed by atoms with Crippen molar-refractivity contribution in [3.05, 3.63) is 0 Å². The van der Waals surface area contributed by atoms with Crippen LogP contribution < -0.4 is 20.6 Å². The number of carbonyl (C=O) groups excluding carboxylic acids is 4. The van der Waals surface area contributed by atoms with Crippen LogP contribution in [0.3, 0.4) is 0 Å². The Hall–Kier alpha value is -0.605. The number of aliphatic carboxylic acids is 3. The predicted molar refractivity (Wildman–Crippen MR) is 117 cm³/mol. The van der Waals surface area contributed by atoms with Gasteiger partial charge >= 0.3 is 39.9 Å². The van der Waals surface area contributed by atoms with Crippen LogP contribution in [0.5, 0.6) is 0 Å². The number of thiol groups is 1. The summed E-state index contributed by atoms with van der Waals surface area (Å²) < 4.78 is 0. The first-order valence-corrected chi connectivity index (χ1v) is 11.7. The van der Waals surface area contributed by atoms with Gasteiger partial charge in [-0.2, -0.15) is 12.6 Å². The molecule has 1 aliphatic rings. The van der Waals surface area contributed by atoms with Crippen LogP contribution in [0.2, 0.25) is 0 Å². The molecular weight excluding hydrogens is 612 g/mol. The number of amides is 1. The van der Waals surface area contributed by atoms with Crippen LogP contribution >= 0.6 is 12.6 Å². The molecule has 1 heterocycles. The summed E-state index contributed by atoms with van der Waals surface area (Å²) in [6, 6.07) is 0. The van der Waals surface area contributed by atoms with Gasteiger partial charge in [-0.3, -0.25) is 24.4 Å². The topological polar surface area (TPSA) is 162 Å². The number of nitrogens with one attached hydrogen (secondary N) is 1. The second kappa shape index (κ2) is 19.6. The zero-order chi connectivity index (χ0) is 24.6. The Morgan fingerprint density at radius 2 is 0.941 bits per heavy atom. The maximum Gasteiger partial charge on any atom is 3.00 e. The minimum atomic E-state index is -1.27. The minimum Gasteiger partial charge on any atom is -0.549 e. The van der Waals surface area contributed by atoms with E-state index >= 15 is 0 Å². The molecule has 34 heavy (non-hydrogen) atoms. The number of hydrogen-bond acceptors (Lipinski definition) is 12. The zero-order valence-electron chi connectivity index (χ0n) is 19.3. The van der Waals surface area contributed by atoms with Crippen LogP contribution in [-0.4, -0.2) is 134 Å². The van der Waals surface area contributed by atoms with Crippen LogP contribution in [0.4, 0.5) is 0 Å². The van der Waals surface area contributed by atoms with Crippen molar-refractivity contribution in [3.63, 3.8) is 0 Å². The van der Waals surface area contributed by atoms with E-state index in [0.717, 1.165) is 18.6 Å². The van der Waals surface area contributed by atoms with Crippen molar-refractivity contribution in [2.45, 2.75) is 12.8 Å². The predicted octanol–water partition coefficient (Wildman–Crippen LogP) is -5.72. The van der Waals surface area contributed by atoms with Crippen molar-refractivity contribution >= 4 is 36.4 Å². The molecule has 1 aliphatic heterocycles. The van der Waals surface area contributed by atoms with Crippen molar-refractivity contribution in [1.82, 2.24) is 24.9 Å². The molecule has 14 heteroatoms. The third-order valence-electron chi connectivity index (χ3n) is 5.26. The van der Waals surface area contributed by atoms with E-state index in [9.17, 15) is 34.5 Å². The fraction of sp³-hybridized carbons (Fsp3) is 0.800. The smallest absolute Gasteiger partial charge is 0.549 e. The SMILES string of the molecule is O=C([O-])CN1CCN(CC(=O)[O-])CCN(CC(=O)NCCCCS)CCN(CC(=O)[O-])CC1.[Gd+3]. The average molecular weight is 646 g/mol. The van der Waals surface area contributed by atoms with Gasteiger partial charge in [0, 0.05) is 78.5 Å². The number of carboxylic acid groups (broad SMARTS) is 3. The van der Waals surface area contributed by atoms with Gasteiger partial charge in [0.1, 0.15) is 0 Å². The Labute approximate surface area is 238 Å². The number of rotatable bonds is 12. The first-order chi connectivity index (χ1) is 15.7. The minimum absolute atomic E-state index is 0. The Bertz CT molecular complexity index is 614. The Morgan fingerprint density at radius 3 is 1.24 bits per heavy atom. The van der Waals surface area contributed by atoms with Crippen LogP contribution in [0.15, 0.2) is 0 Å². The van der Waals surface area contributed by atoms with E-state index in [1.54, 1.807) is 14.7 Å². The van der Waals surface area contributed by atoms with Gasteiger partial charge in [-0.1, -0.05) is 0 Å². The Balaban J connectivity index is 0.0000109. The van der Waals surface area contributed by atoms with E-state index in [2.05, 4.69) is 17.9 Å². The molecule has 1 amide bonds. The fourth-order valence-corrected chi connectivity index (χ4v) is 3.71. The summed E-state index contributed by atoms with van der Waals surface area (Å²) in [6.07, 6.45) is 1.70. The van der Waals surface area contributed by atoms with Gasteiger partial charge in [0.2, 0.25) is 5.91 Å². The van der Waals surface area contributed by atoms with Crippen molar-refractivity contribution < 1.29 is 74.4 Å². The van der Waals surface area contributed by atoms with E-state index in [1.165, 1.54) is 0 Å². The molecule has 0 bridgehead atoms. The zero-order valence-corrected chi connectivity index (χ0v) is 22.4. The van der Waals surface area contributed by atoms with Gasteiger partial charge in [-0.15, -0.1) is 0 Å². The Kier molecular flexibility index (Phi) is 19.2. The number of carbonyl (C=O) groups is 4. The summed E-state index contributed by atoms with van der Waals surface area (Å²) in [5.74, 6) is -3.19. The van der Waals surface area contributed by atoms with Crippen LogP contribution in [0.1, 0.15) is 12.8 Å². The molecule has 1 saturated heterocycles. The molecule has 195 valence electrons. The van der Waals surface area contributed by atoms with Crippen molar-refractivity contribution in [2.24, 2.45) is 0 Å². The van der Waals surface area contributed by atoms with Gasteiger partial charge in [0.15, 0.2) is 0 Å². The molecule has 12 nitrogen and oxygen atoms in total. The normalized spacial score (nSPS) is 17.7. The van der Waals surface area contributed by atoms with Crippen molar-refractivity contribution in [2.75, 3.05) is 90.8 Å². The maximum atomic E-state index is 12.3. The van der Waals surface area contributed by atoms with Gasteiger partial charge in [0.25, 0.3) is 0 Å². The van der Waals surface area contributed by atoms with Gasteiger partial charge in [-0.25, -0.2) is 0 Å². The van der Waals surface area contributed by atoms with Crippen LogP contribution in [-0.2, 0) is 19.2 Å². The molecule has 0 saturated carbocycles. The van der Waals surface area contributed by atoms with Crippen molar-refractivity contribution in [3.8, 4) is 0 Å². The van der Waals surface area contributed by atoms with Gasteiger partial charge in [-0.05, 0) is 18.6 Å². The summed E-state index contributed by atoms with van der Waals surface area (Å²) in [6.45, 7) is 2.08. The first kappa shape index (κ1) is 33.4. The monoisotopic (exact) mass is 646 g/mol. The second-order valence-electron chi connectivity index (χ2n) is 8.00. The Morgan fingerprint density at radius 1 is 0.618 bits per heavy atom. The van der Waals surface area contributed by atoms with E-state index in [4.69, 9.17) is 0 Å². The molecule has 0 aromatic carbocycles. The molecule has 0 atom stereocenters. The van der Waals surface area contributed by atoms with Crippen LogP contribution in [0, 0.1) is 39.9 Å². The molecule has 0 spiro atoms. The summed E-state index contributed by atoms with van der Waals surface area (Å²) in [7, 11) is 0. The maximum absolute atomic E-state index is 12.3. The number of hydrogen-bond donors (Lipinski definition) is 2. The van der Waals surface area contributed by atoms with Crippen LogP contribution in [0.25, 0.3) is 0 Å². The molecule has 1 rings (SSSR count). The quantitative estimate of drug-likeness (QED) is 0.154. The third-order valence-corrected chi connectivity index (χ3v) is 5.58. The van der Waals surface area contributed by atoms with Gasteiger partial charge < -0.3 is 35.0 Å².